The molecule has 2 nitrogen and oxygen atoms in total. The molecule has 1 heterocycles. The molecule has 0 bridgehead atoms. The summed E-state index contributed by atoms with van der Waals surface area (Å²) < 4.78 is 11.1. The third-order valence-corrected chi connectivity index (χ3v) is 2.37. The third kappa shape index (κ3) is 1.65. The summed E-state index contributed by atoms with van der Waals surface area (Å²) >= 11 is -0.926. The van der Waals surface area contributed by atoms with Gasteiger partial charge in [-0.05, 0) is 12.1 Å². The molecule has 0 aromatic carbocycles. The van der Waals surface area contributed by atoms with E-state index in [2.05, 4.69) is 11.6 Å². The summed E-state index contributed by atoms with van der Waals surface area (Å²) in [5, 5.41) is 0.764. The second-order valence-electron chi connectivity index (χ2n) is 1.84. The van der Waals surface area contributed by atoms with E-state index in [1.807, 2.05) is 6.07 Å². The maximum Gasteiger partial charge on any atom is 0.222 e. The molecule has 0 saturated heterocycles. The summed E-state index contributed by atoms with van der Waals surface area (Å²) in [6, 6.07) is 3.63. The summed E-state index contributed by atoms with van der Waals surface area (Å²) in [4.78, 5) is 2.87. The molecule has 10 heavy (non-hydrogen) atoms. The van der Waals surface area contributed by atoms with Gasteiger partial charge in [0.2, 0.25) is 5.03 Å². The van der Waals surface area contributed by atoms with Gasteiger partial charge in [-0.25, -0.2) is 0 Å². The van der Waals surface area contributed by atoms with Crippen molar-refractivity contribution in [1.29, 1.82) is 0 Å². The fourth-order valence-corrected chi connectivity index (χ4v) is 1.48. The molecule has 0 aliphatic carbocycles. The van der Waals surface area contributed by atoms with E-state index in [-0.39, 0.29) is 0 Å². The lowest BCUT2D eigenvalue weighted by atomic mass is 10.7. The maximum atomic E-state index is 11.1. The van der Waals surface area contributed by atoms with Crippen LogP contribution in [-0.4, -0.2) is 15.3 Å². The van der Waals surface area contributed by atoms with Gasteiger partial charge in [0.25, 0.3) is 0 Å². The van der Waals surface area contributed by atoms with Crippen LogP contribution in [0, 0.1) is 0 Å². The van der Waals surface area contributed by atoms with Crippen LogP contribution in [0.1, 0.15) is 0 Å². The second kappa shape index (κ2) is 3.49. The summed E-state index contributed by atoms with van der Waals surface area (Å²) in [5.41, 5.74) is 0. The first-order valence-corrected chi connectivity index (χ1v) is 4.29. The molecule has 0 aliphatic heterocycles. The molecule has 0 amide bonds. The zero-order valence-corrected chi connectivity index (χ0v) is 6.36. The molecule has 1 rings (SSSR count). The first-order valence-electron chi connectivity index (χ1n) is 2.97. The van der Waals surface area contributed by atoms with Crippen molar-refractivity contribution >= 4 is 11.2 Å². The molecule has 0 fully saturated rings. The number of H-pyrrole nitrogens is 1. The number of nitrogens with one attached hydrogen (secondary N) is 1. The number of hydrogen-bond acceptors (Lipinski definition) is 1. The Balaban J connectivity index is 2.58. The zero-order valence-electron chi connectivity index (χ0n) is 5.54. The molecule has 1 aromatic rings. The van der Waals surface area contributed by atoms with Crippen molar-refractivity contribution in [3.05, 3.63) is 31.0 Å². The Morgan fingerprint density at radius 3 is 3.10 bits per heavy atom. The van der Waals surface area contributed by atoms with Gasteiger partial charge >= 0.3 is 0 Å². The highest BCUT2D eigenvalue weighted by Gasteiger charge is 2.06. The smallest absolute Gasteiger partial charge is 0.222 e. The van der Waals surface area contributed by atoms with Gasteiger partial charge in [0.05, 0.1) is 0 Å². The van der Waals surface area contributed by atoms with E-state index in [1.165, 1.54) is 0 Å². The molecule has 0 spiro atoms. The topological polar surface area (TPSA) is 38.8 Å². The van der Waals surface area contributed by atoms with Crippen LogP contribution in [0.5, 0.6) is 0 Å². The first kappa shape index (κ1) is 7.44. The molecule has 54 valence electrons. The second-order valence-corrected chi connectivity index (χ2v) is 3.30. The minimum absolute atomic E-state index is 0.514. The molecule has 1 atom stereocenters. The Hall–Kier alpha value is -0.670. The molecular formula is C7H9NOS. The Bertz CT molecular complexity index is 195. The van der Waals surface area contributed by atoms with Gasteiger partial charge in [-0.2, -0.15) is 0 Å². The molecule has 1 unspecified atom stereocenters. The fraction of sp³-hybridized carbons (Fsp3) is 0.143. The van der Waals surface area contributed by atoms with Gasteiger partial charge in [-0.1, -0.05) is 6.58 Å². The molecule has 1 N–H and O–H groups in total. The van der Waals surface area contributed by atoms with Gasteiger partial charge in [0.15, 0.2) is 0 Å². The average molecular weight is 155 g/mol. The van der Waals surface area contributed by atoms with Crippen molar-refractivity contribution in [2.45, 2.75) is 5.03 Å². The molecule has 0 aliphatic rings. The van der Waals surface area contributed by atoms with Crippen LogP contribution in [0.2, 0.25) is 0 Å². The van der Waals surface area contributed by atoms with Crippen LogP contribution in [0.25, 0.3) is 0 Å². The first-order chi connectivity index (χ1) is 4.84. The minimum atomic E-state index is -0.926. The largest absolute Gasteiger partial charge is 0.610 e. The van der Waals surface area contributed by atoms with Crippen LogP contribution in [0.15, 0.2) is 36.0 Å². The predicted molar refractivity (Wildman–Crippen MR) is 42.3 cm³/mol. The molecule has 0 saturated carbocycles. The van der Waals surface area contributed by atoms with Crippen LogP contribution >= 0.6 is 0 Å². The summed E-state index contributed by atoms with van der Waals surface area (Å²) in [6.07, 6.45) is 3.41. The van der Waals surface area contributed by atoms with Crippen LogP contribution in [0.4, 0.5) is 0 Å². The van der Waals surface area contributed by atoms with Gasteiger partial charge in [-0.15, -0.1) is 0 Å². The van der Waals surface area contributed by atoms with Crippen molar-refractivity contribution in [3.8, 4) is 0 Å². The molecular weight excluding hydrogens is 146 g/mol. The zero-order chi connectivity index (χ0) is 7.40. The van der Waals surface area contributed by atoms with E-state index < -0.39 is 11.2 Å². The van der Waals surface area contributed by atoms with E-state index in [1.54, 1.807) is 18.3 Å². The van der Waals surface area contributed by atoms with Gasteiger partial charge in [0, 0.05) is 23.4 Å². The van der Waals surface area contributed by atoms with Crippen LogP contribution < -0.4 is 0 Å². The van der Waals surface area contributed by atoms with Crippen molar-refractivity contribution in [2.24, 2.45) is 0 Å². The minimum Gasteiger partial charge on any atom is -0.610 e. The monoisotopic (exact) mass is 155 g/mol. The predicted octanol–water partition coefficient (Wildman–Crippen LogP) is 1.31. The summed E-state index contributed by atoms with van der Waals surface area (Å²) in [6.45, 7) is 3.50. The highest BCUT2D eigenvalue weighted by molar-refractivity contribution is 7.91. The molecule has 0 radical (unpaired) electrons. The van der Waals surface area contributed by atoms with Crippen molar-refractivity contribution in [1.82, 2.24) is 4.98 Å². The Morgan fingerprint density at radius 1 is 1.80 bits per heavy atom. The lowest BCUT2D eigenvalue weighted by molar-refractivity contribution is 0.595. The van der Waals surface area contributed by atoms with Crippen LogP contribution in [-0.2, 0) is 11.2 Å². The van der Waals surface area contributed by atoms with Gasteiger partial charge in [0.1, 0.15) is 5.75 Å². The number of aromatic amines is 1. The molecule has 1 aromatic heterocycles. The summed E-state index contributed by atoms with van der Waals surface area (Å²) in [7, 11) is 0. The highest BCUT2D eigenvalue weighted by Crippen LogP contribution is 2.06. The fourth-order valence-electron chi connectivity index (χ4n) is 0.652. The highest BCUT2D eigenvalue weighted by atomic mass is 32.2. The standard InChI is InChI=1S/C7H9NOS/c1-2-6-10(9)7-4-3-5-8-7/h2-5,8H,1,6H2. The third-order valence-electron chi connectivity index (χ3n) is 1.08. The lowest BCUT2D eigenvalue weighted by Gasteiger charge is -2.03. The van der Waals surface area contributed by atoms with Crippen LogP contribution in [0.3, 0.4) is 0 Å². The van der Waals surface area contributed by atoms with E-state index in [4.69, 9.17) is 0 Å². The maximum absolute atomic E-state index is 11.1. The normalized spacial score (nSPS) is 12.9. The van der Waals surface area contributed by atoms with E-state index in [0.717, 1.165) is 5.03 Å². The van der Waals surface area contributed by atoms with E-state index in [0.29, 0.717) is 5.75 Å². The van der Waals surface area contributed by atoms with E-state index >= 15 is 0 Å². The summed E-state index contributed by atoms with van der Waals surface area (Å²) in [5.74, 6) is 0.514. The van der Waals surface area contributed by atoms with Crippen molar-refractivity contribution in [2.75, 3.05) is 5.75 Å². The van der Waals surface area contributed by atoms with Gasteiger partial charge in [-0.3, -0.25) is 0 Å². The van der Waals surface area contributed by atoms with Crippen molar-refractivity contribution < 1.29 is 4.55 Å². The van der Waals surface area contributed by atoms with Gasteiger partial charge < -0.3 is 9.54 Å². The van der Waals surface area contributed by atoms with E-state index in [9.17, 15) is 4.55 Å². The Morgan fingerprint density at radius 2 is 2.60 bits per heavy atom. The van der Waals surface area contributed by atoms with Crippen molar-refractivity contribution in [3.63, 3.8) is 0 Å². The lowest BCUT2D eigenvalue weighted by Crippen LogP contribution is -2.04. The Kier molecular flexibility index (Phi) is 2.59. The Labute approximate surface area is 63.1 Å². The number of rotatable bonds is 3. The molecule has 3 heteroatoms. The average Bonchev–Trinajstić information content (AvgIpc) is 2.38. The SMILES string of the molecule is C=CC[S+]([O-])c1ccc[nH]1. The quantitative estimate of drug-likeness (QED) is 0.518. The number of hydrogen-bond donors (Lipinski definition) is 1. The number of aromatic nitrogens is 1.